The minimum atomic E-state index is -1.32. The number of carbonyl (C=O) groups excluding carboxylic acids is 2. The Hall–Kier alpha value is -2.70. The summed E-state index contributed by atoms with van der Waals surface area (Å²) in [7, 11) is 0. The highest BCUT2D eigenvalue weighted by atomic mass is 16.4. The van der Waals surface area contributed by atoms with Crippen molar-refractivity contribution in [1.82, 2.24) is 4.90 Å². The molecule has 1 aromatic rings. The first-order valence-corrected chi connectivity index (χ1v) is 4.87. The van der Waals surface area contributed by atoms with Gasteiger partial charge in [0.1, 0.15) is 6.54 Å². The Kier molecular flexibility index (Phi) is 2.59. The Morgan fingerprint density at radius 3 is 2.22 bits per heavy atom. The maximum Gasteiger partial charge on any atom is 0.335 e. The summed E-state index contributed by atoms with van der Waals surface area (Å²) in [6.45, 7) is -0.741. The number of fused-ring (bicyclic) bond motifs is 1. The molecule has 0 saturated carbocycles. The molecular weight excluding hydrogens is 242 g/mol. The maximum absolute atomic E-state index is 11.8. The van der Waals surface area contributed by atoms with E-state index in [4.69, 9.17) is 10.2 Å². The molecule has 0 spiro atoms. The van der Waals surface area contributed by atoms with Crippen LogP contribution < -0.4 is 0 Å². The highest BCUT2D eigenvalue weighted by Crippen LogP contribution is 2.23. The molecule has 1 aliphatic heterocycles. The smallest absolute Gasteiger partial charge is 0.335 e. The van der Waals surface area contributed by atoms with Crippen molar-refractivity contribution < 1.29 is 29.4 Å². The van der Waals surface area contributed by atoms with Gasteiger partial charge in [-0.25, -0.2) is 4.79 Å². The Morgan fingerprint density at radius 2 is 1.67 bits per heavy atom. The fourth-order valence-electron chi connectivity index (χ4n) is 1.70. The third kappa shape index (κ3) is 1.71. The van der Waals surface area contributed by atoms with E-state index in [0.29, 0.717) is 4.90 Å². The average molecular weight is 249 g/mol. The fourth-order valence-corrected chi connectivity index (χ4v) is 1.70. The molecule has 1 aromatic carbocycles. The van der Waals surface area contributed by atoms with Crippen molar-refractivity contribution in [2.75, 3.05) is 6.54 Å². The van der Waals surface area contributed by atoms with Gasteiger partial charge in [0.25, 0.3) is 11.8 Å². The molecule has 1 aliphatic rings. The van der Waals surface area contributed by atoms with Crippen molar-refractivity contribution in [2.24, 2.45) is 0 Å². The Balaban J connectivity index is 2.45. The third-order valence-electron chi connectivity index (χ3n) is 2.51. The summed E-state index contributed by atoms with van der Waals surface area (Å²) in [5.74, 6) is -4.06. The number of carboxylic acids is 2. The summed E-state index contributed by atoms with van der Waals surface area (Å²) in [5.41, 5.74) is -0.195. The number of benzene rings is 1. The number of hydrogen-bond acceptors (Lipinski definition) is 4. The number of aliphatic carboxylic acids is 1. The molecule has 2 amide bonds. The molecule has 1 heterocycles. The van der Waals surface area contributed by atoms with Crippen LogP contribution in [0.4, 0.5) is 0 Å². The summed E-state index contributed by atoms with van der Waals surface area (Å²) < 4.78 is 0. The molecular formula is C11H7NO6. The molecule has 0 saturated heterocycles. The molecule has 0 bridgehead atoms. The molecule has 2 N–H and O–H groups in total. The number of imide groups is 1. The SMILES string of the molecule is O=C(O)CN1C(=O)c2ccc(C(=O)O)cc2C1=O. The van der Waals surface area contributed by atoms with Crippen molar-refractivity contribution in [3.63, 3.8) is 0 Å². The van der Waals surface area contributed by atoms with Gasteiger partial charge in [-0.15, -0.1) is 0 Å². The summed E-state index contributed by atoms with van der Waals surface area (Å²) in [6.07, 6.45) is 0. The number of aromatic carboxylic acids is 1. The second-order valence-electron chi connectivity index (χ2n) is 3.66. The van der Waals surface area contributed by atoms with E-state index in [9.17, 15) is 19.2 Å². The molecule has 0 aromatic heterocycles. The van der Waals surface area contributed by atoms with E-state index in [1.165, 1.54) is 12.1 Å². The predicted octanol–water partition coefficient (Wildman–Crippen LogP) is 0.0654. The van der Waals surface area contributed by atoms with Crippen molar-refractivity contribution in [1.29, 1.82) is 0 Å². The number of amides is 2. The van der Waals surface area contributed by atoms with Crippen LogP contribution >= 0.6 is 0 Å². The Labute approximate surface area is 100 Å². The molecule has 0 aliphatic carbocycles. The van der Waals surface area contributed by atoms with E-state index in [2.05, 4.69) is 0 Å². The van der Waals surface area contributed by atoms with Crippen LogP contribution in [-0.4, -0.2) is 45.4 Å². The van der Waals surface area contributed by atoms with Gasteiger partial charge in [0.2, 0.25) is 0 Å². The Bertz CT molecular complexity index is 591. The first kappa shape index (κ1) is 11.8. The molecule has 18 heavy (non-hydrogen) atoms. The van der Waals surface area contributed by atoms with Gasteiger partial charge in [-0.1, -0.05) is 0 Å². The lowest BCUT2D eigenvalue weighted by Crippen LogP contribution is -2.34. The van der Waals surface area contributed by atoms with E-state index in [1.807, 2.05) is 0 Å². The standard InChI is InChI=1S/C11H7NO6/c13-8(14)4-12-9(15)6-2-1-5(11(17)18)3-7(6)10(12)16/h1-3H,4H2,(H,13,14)(H,17,18). The van der Waals surface area contributed by atoms with E-state index in [0.717, 1.165) is 6.07 Å². The maximum atomic E-state index is 11.8. The number of hydrogen-bond donors (Lipinski definition) is 2. The summed E-state index contributed by atoms with van der Waals surface area (Å²) in [5, 5.41) is 17.4. The molecule has 2 rings (SSSR count). The lowest BCUT2D eigenvalue weighted by molar-refractivity contribution is -0.137. The molecule has 7 nitrogen and oxygen atoms in total. The second-order valence-corrected chi connectivity index (χ2v) is 3.66. The number of carbonyl (C=O) groups is 4. The van der Waals surface area contributed by atoms with Gasteiger partial charge in [-0.2, -0.15) is 0 Å². The number of rotatable bonds is 3. The van der Waals surface area contributed by atoms with Crippen molar-refractivity contribution in [3.05, 3.63) is 34.9 Å². The van der Waals surface area contributed by atoms with Crippen LogP contribution in [0.5, 0.6) is 0 Å². The van der Waals surface area contributed by atoms with Gasteiger partial charge >= 0.3 is 11.9 Å². The van der Waals surface area contributed by atoms with Crippen LogP contribution in [0.25, 0.3) is 0 Å². The predicted molar refractivity (Wildman–Crippen MR) is 56.4 cm³/mol. The normalized spacial score (nSPS) is 13.7. The summed E-state index contributed by atoms with van der Waals surface area (Å²) >= 11 is 0. The Morgan fingerprint density at radius 1 is 1.06 bits per heavy atom. The lowest BCUT2D eigenvalue weighted by atomic mass is 10.1. The highest BCUT2D eigenvalue weighted by Gasteiger charge is 2.37. The van der Waals surface area contributed by atoms with Crippen LogP contribution in [0.15, 0.2) is 18.2 Å². The van der Waals surface area contributed by atoms with Crippen LogP contribution in [0.3, 0.4) is 0 Å². The zero-order chi connectivity index (χ0) is 13.4. The van der Waals surface area contributed by atoms with E-state index in [-0.39, 0.29) is 16.7 Å². The fraction of sp³-hybridized carbons (Fsp3) is 0.0909. The van der Waals surface area contributed by atoms with Gasteiger partial charge in [0.05, 0.1) is 16.7 Å². The topological polar surface area (TPSA) is 112 Å². The zero-order valence-electron chi connectivity index (χ0n) is 8.91. The number of nitrogens with zero attached hydrogens (tertiary/aromatic N) is 1. The van der Waals surface area contributed by atoms with Gasteiger partial charge in [0, 0.05) is 0 Å². The second kappa shape index (κ2) is 3.95. The molecule has 0 atom stereocenters. The first-order valence-electron chi connectivity index (χ1n) is 4.87. The molecule has 92 valence electrons. The van der Waals surface area contributed by atoms with E-state index >= 15 is 0 Å². The quantitative estimate of drug-likeness (QED) is 0.733. The van der Waals surface area contributed by atoms with Crippen molar-refractivity contribution in [3.8, 4) is 0 Å². The minimum absolute atomic E-state index is 0.0197. The molecule has 0 unspecified atom stereocenters. The monoisotopic (exact) mass is 249 g/mol. The summed E-state index contributed by atoms with van der Waals surface area (Å²) in [6, 6.07) is 3.47. The van der Waals surface area contributed by atoms with E-state index in [1.54, 1.807) is 0 Å². The van der Waals surface area contributed by atoms with Crippen LogP contribution in [-0.2, 0) is 4.79 Å². The van der Waals surface area contributed by atoms with Crippen molar-refractivity contribution in [2.45, 2.75) is 0 Å². The average Bonchev–Trinajstić information content (AvgIpc) is 2.53. The van der Waals surface area contributed by atoms with Gasteiger partial charge in [0.15, 0.2) is 0 Å². The minimum Gasteiger partial charge on any atom is -0.480 e. The summed E-state index contributed by atoms with van der Waals surface area (Å²) in [4.78, 5) is 45.3. The van der Waals surface area contributed by atoms with Crippen molar-refractivity contribution >= 4 is 23.8 Å². The van der Waals surface area contributed by atoms with Gasteiger partial charge in [-0.05, 0) is 18.2 Å². The largest absolute Gasteiger partial charge is 0.480 e. The van der Waals surface area contributed by atoms with Crippen LogP contribution in [0.1, 0.15) is 31.1 Å². The number of carboxylic acid groups (broad SMARTS) is 2. The zero-order valence-corrected chi connectivity index (χ0v) is 8.91. The van der Waals surface area contributed by atoms with Gasteiger partial charge in [-0.3, -0.25) is 19.3 Å². The van der Waals surface area contributed by atoms with E-state index < -0.39 is 30.3 Å². The molecule has 7 heteroatoms. The van der Waals surface area contributed by atoms with Crippen LogP contribution in [0, 0.1) is 0 Å². The third-order valence-corrected chi connectivity index (χ3v) is 2.51. The molecule has 0 fully saturated rings. The van der Waals surface area contributed by atoms with Crippen LogP contribution in [0.2, 0.25) is 0 Å². The highest BCUT2D eigenvalue weighted by molar-refractivity contribution is 6.22. The lowest BCUT2D eigenvalue weighted by Gasteiger charge is -2.09. The molecule has 0 radical (unpaired) electrons. The van der Waals surface area contributed by atoms with Gasteiger partial charge < -0.3 is 10.2 Å². The first-order chi connectivity index (χ1) is 8.41.